The van der Waals surface area contributed by atoms with Crippen LogP contribution in [-0.2, 0) is 14.3 Å². The largest absolute Gasteiger partial charge is 0.469 e. The smallest absolute Gasteiger partial charge is 0.308 e. The van der Waals surface area contributed by atoms with Crippen molar-refractivity contribution in [2.75, 3.05) is 7.11 Å². The first kappa shape index (κ1) is 9.69. The van der Waals surface area contributed by atoms with Crippen LogP contribution in [0.5, 0.6) is 0 Å². The van der Waals surface area contributed by atoms with Gasteiger partial charge in [-0.1, -0.05) is 6.92 Å². The Morgan fingerprint density at radius 3 is 2.86 bits per heavy atom. The number of Topliss-reactive ketones (excluding diaryl/α,β-unsaturated/α-hetero) is 1. The molecule has 0 aromatic rings. The Hall–Kier alpha value is -0.860. The van der Waals surface area contributed by atoms with Crippen LogP contribution in [0.25, 0.3) is 0 Å². The van der Waals surface area contributed by atoms with Gasteiger partial charge in [0.1, 0.15) is 5.78 Å². The lowest BCUT2D eigenvalue weighted by molar-refractivity contribution is -0.148. The van der Waals surface area contributed by atoms with Gasteiger partial charge in [0, 0.05) is 14.2 Å². The Kier molecular flexibility index (Phi) is 3.55. The summed E-state index contributed by atoms with van der Waals surface area (Å²) in [5.74, 6) is -1.50. The van der Waals surface area contributed by atoms with Crippen LogP contribution in [0.2, 0.25) is 0 Å². The van der Waals surface area contributed by atoms with Crippen LogP contribution < -0.4 is 0 Å². The van der Waals surface area contributed by atoms with E-state index in [4.69, 9.17) is 1.37 Å². The molecular formula is C11H18O3. The third-order valence-electron chi connectivity index (χ3n) is 2.80. The molecule has 1 aliphatic rings. The molecule has 0 radical (unpaired) electrons. The van der Waals surface area contributed by atoms with Gasteiger partial charge in [-0.3, -0.25) is 9.59 Å². The van der Waals surface area contributed by atoms with Crippen molar-refractivity contribution in [3.8, 4) is 0 Å². The van der Waals surface area contributed by atoms with Gasteiger partial charge in [0.05, 0.1) is 13.0 Å². The third-order valence-corrected chi connectivity index (χ3v) is 2.80. The summed E-state index contributed by atoms with van der Waals surface area (Å²) in [6.45, 7) is 1.85. The lowest BCUT2D eigenvalue weighted by atomic mass is 9.82. The van der Waals surface area contributed by atoms with Crippen molar-refractivity contribution in [2.45, 2.75) is 39.0 Å². The van der Waals surface area contributed by atoms with E-state index in [0.29, 0.717) is 32.1 Å². The molecule has 1 rings (SSSR count). The second-order valence-corrected chi connectivity index (χ2v) is 3.85. The molecule has 1 saturated carbocycles. The molecule has 1 fully saturated rings. The summed E-state index contributed by atoms with van der Waals surface area (Å²) in [5, 5.41) is 0. The van der Waals surface area contributed by atoms with Crippen molar-refractivity contribution in [3.05, 3.63) is 0 Å². The molecule has 1 aliphatic carbocycles. The van der Waals surface area contributed by atoms with Crippen molar-refractivity contribution in [1.82, 2.24) is 0 Å². The zero-order valence-corrected chi connectivity index (χ0v) is 8.84. The van der Waals surface area contributed by atoms with Gasteiger partial charge in [-0.05, 0) is 25.2 Å². The molecule has 0 N–H and O–H groups in total. The van der Waals surface area contributed by atoms with E-state index in [1.807, 2.05) is 6.92 Å². The Morgan fingerprint density at radius 2 is 2.21 bits per heavy atom. The molecule has 3 heteroatoms. The van der Waals surface area contributed by atoms with E-state index in [2.05, 4.69) is 4.74 Å². The molecule has 0 heterocycles. The summed E-state index contributed by atoms with van der Waals surface area (Å²) >= 11 is 0. The van der Waals surface area contributed by atoms with E-state index in [-0.39, 0.29) is 11.7 Å². The summed E-state index contributed by atoms with van der Waals surface area (Å²) in [5.41, 5.74) is 0. The lowest BCUT2D eigenvalue weighted by Gasteiger charge is -2.23. The number of hydrogen-bond donors (Lipinski definition) is 0. The molecule has 14 heavy (non-hydrogen) atoms. The molecule has 0 aromatic heterocycles. The summed E-state index contributed by atoms with van der Waals surface area (Å²) in [7, 11) is 1.31. The van der Waals surface area contributed by atoms with Crippen LogP contribution in [0.15, 0.2) is 0 Å². The van der Waals surface area contributed by atoms with Crippen molar-refractivity contribution in [2.24, 2.45) is 11.8 Å². The minimum atomic E-state index is -1.16. The number of methoxy groups -OCH3 is 1. The molecular weight excluding hydrogens is 180 g/mol. The maximum absolute atomic E-state index is 11.6. The first-order valence-electron chi connectivity index (χ1n) is 5.61. The van der Waals surface area contributed by atoms with Crippen LogP contribution in [0.3, 0.4) is 0 Å². The molecule has 0 bridgehead atoms. The molecule has 0 saturated heterocycles. The highest BCUT2D eigenvalue weighted by Gasteiger charge is 2.27. The minimum absolute atomic E-state index is 0.116. The van der Waals surface area contributed by atoms with E-state index >= 15 is 0 Å². The Bertz CT molecular complexity index is 265. The van der Waals surface area contributed by atoms with Gasteiger partial charge >= 0.3 is 5.97 Å². The Balaban J connectivity index is 2.78. The van der Waals surface area contributed by atoms with Crippen molar-refractivity contribution >= 4 is 11.8 Å². The highest BCUT2D eigenvalue weighted by atomic mass is 16.5. The zero-order valence-electron chi connectivity index (χ0n) is 9.84. The molecule has 0 aliphatic heterocycles. The number of ether oxygens (including phenoxy) is 1. The molecule has 2 atom stereocenters. The second-order valence-electron chi connectivity index (χ2n) is 3.85. The quantitative estimate of drug-likeness (QED) is 0.606. The monoisotopic (exact) mass is 199 g/mol. The standard InChI is InChI=1S/C11H18O3/c1-8-6-7-9(12)4-3-5-10(8)11(13)14-2/h8,10H,3-7H2,1-2H3/t8-,10?/m0/s1/i10D. The van der Waals surface area contributed by atoms with Crippen LogP contribution in [0.4, 0.5) is 0 Å². The predicted molar refractivity (Wildman–Crippen MR) is 52.8 cm³/mol. The second kappa shape index (κ2) is 5.13. The van der Waals surface area contributed by atoms with Gasteiger partial charge in [-0.15, -0.1) is 0 Å². The van der Waals surface area contributed by atoms with Gasteiger partial charge in [0.15, 0.2) is 0 Å². The molecule has 80 valence electrons. The lowest BCUT2D eigenvalue weighted by Crippen LogP contribution is -2.25. The number of carbonyl (C=O) groups is 2. The Morgan fingerprint density at radius 1 is 1.50 bits per heavy atom. The number of rotatable bonds is 1. The van der Waals surface area contributed by atoms with Gasteiger partial charge in [0.25, 0.3) is 0 Å². The first-order valence-corrected chi connectivity index (χ1v) is 5.11. The first-order chi connectivity index (χ1) is 7.00. The van der Waals surface area contributed by atoms with Gasteiger partial charge < -0.3 is 4.74 Å². The fraction of sp³-hybridized carbons (Fsp3) is 0.818. The van der Waals surface area contributed by atoms with Gasteiger partial charge in [0.2, 0.25) is 0 Å². The summed E-state index contributed by atoms with van der Waals surface area (Å²) in [6.07, 6.45) is 2.62. The van der Waals surface area contributed by atoms with E-state index in [0.717, 1.165) is 0 Å². The zero-order chi connectivity index (χ0) is 11.5. The molecule has 1 unspecified atom stereocenters. The average Bonchev–Trinajstić information content (AvgIpc) is 2.22. The van der Waals surface area contributed by atoms with Gasteiger partial charge in [-0.25, -0.2) is 0 Å². The van der Waals surface area contributed by atoms with Crippen LogP contribution in [0, 0.1) is 11.8 Å². The average molecular weight is 199 g/mol. The van der Waals surface area contributed by atoms with E-state index < -0.39 is 11.9 Å². The highest BCUT2D eigenvalue weighted by molar-refractivity contribution is 5.79. The fourth-order valence-corrected chi connectivity index (χ4v) is 1.83. The minimum Gasteiger partial charge on any atom is -0.469 e. The summed E-state index contributed by atoms with van der Waals surface area (Å²) < 4.78 is 12.8. The molecule has 0 spiro atoms. The maximum atomic E-state index is 11.6. The molecule has 0 amide bonds. The van der Waals surface area contributed by atoms with Crippen molar-refractivity contribution in [1.29, 1.82) is 0 Å². The third kappa shape index (κ3) is 2.82. The maximum Gasteiger partial charge on any atom is 0.308 e. The van der Waals surface area contributed by atoms with Gasteiger partial charge in [-0.2, -0.15) is 0 Å². The predicted octanol–water partition coefficient (Wildman–Crippen LogP) is 1.94. The number of esters is 1. The normalized spacial score (nSPS) is 35.4. The highest BCUT2D eigenvalue weighted by Crippen LogP contribution is 2.27. The number of hydrogen-bond acceptors (Lipinski definition) is 3. The number of ketones is 1. The van der Waals surface area contributed by atoms with Crippen molar-refractivity contribution < 1.29 is 15.7 Å². The van der Waals surface area contributed by atoms with E-state index in [1.54, 1.807) is 0 Å². The molecule has 0 aromatic carbocycles. The fourth-order valence-electron chi connectivity index (χ4n) is 1.83. The van der Waals surface area contributed by atoms with Crippen molar-refractivity contribution in [3.63, 3.8) is 0 Å². The van der Waals surface area contributed by atoms with Crippen LogP contribution in [-0.4, -0.2) is 18.9 Å². The Labute approximate surface area is 86.2 Å². The topological polar surface area (TPSA) is 43.4 Å². The SMILES string of the molecule is [2H]C1(C(=O)OC)CCCC(=O)CC[C@@H]1C. The summed E-state index contributed by atoms with van der Waals surface area (Å²) in [6, 6.07) is 0. The number of carbonyl (C=O) groups excluding carboxylic acids is 2. The van der Waals surface area contributed by atoms with E-state index in [9.17, 15) is 9.59 Å². The molecule has 3 nitrogen and oxygen atoms in total. The van der Waals surface area contributed by atoms with Crippen LogP contribution >= 0.6 is 0 Å². The van der Waals surface area contributed by atoms with E-state index in [1.165, 1.54) is 7.11 Å². The van der Waals surface area contributed by atoms with Crippen LogP contribution in [0.1, 0.15) is 40.4 Å². The summed E-state index contributed by atoms with van der Waals surface area (Å²) in [4.78, 5) is 22.8.